The maximum absolute atomic E-state index is 11.6. The number of likely N-dealkylation sites (tertiary alicyclic amines) is 1. The molecule has 0 atom stereocenters. The second kappa shape index (κ2) is 7.27. The van der Waals surface area contributed by atoms with E-state index in [1.54, 1.807) is 11.8 Å². The first-order valence-corrected chi connectivity index (χ1v) is 6.21. The van der Waals surface area contributed by atoms with Gasteiger partial charge in [-0.25, -0.2) is 0 Å². The zero-order valence-electron chi connectivity index (χ0n) is 10.6. The van der Waals surface area contributed by atoms with Crippen molar-refractivity contribution in [3.63, 3.8) is 0 Å². The lowest BCUT2D eigenvalue weighted by Gasteiger charge is -2.30. The van der Waals surface area contributed by atoms with Crippen molar-refractivity contribution in [2.24, 2.45) is 5.92 Å². The highest BCUT2D eigenvalue weighted by molar-refractivity contribution is 5.78. The van der Waals surface area contributed by atoms with E-state index >= 15 is 0 Å². The molecule has 0 bridgehead atoms. The lowest BCUT2D eigenvalue weighted by Crippen LogP contribution is -2.42. The Balaban J connectivity index is 2.30. The van der Waals surface area contributed by atoms with Crippen molar-refractivity contribution in [2.75, 3.05) is 32.9 Å². The molecule has 98 valence electrons. The first kappa shape index (κ1) is 14.0. The number of esters is 1. The van der Waals surface area contributed by atoms with Gasteiger partial charge in [-0.3, -0.25) is 9.59 Å². The van der Waals surface area contributed by atoms with Gasteiger partial charge >= 0.3 is 5.97 Å². The van der Waals surface area contributed by atoms with Gasteiger partial charge in [0.15, 0.2) is 0 Å². The predicted molar refractivity (Wildman–Crippen MR) is 62.4 cm³/mol. The summed E-state index contributed by atoms with van der Waals surface area (Å²) in [6, 6.07) is 0. The average Bonchev–Trinajstić information content (AvgIpc) is 2.36. The van der Waals surface area contributed by atoms with E-state index < -0.39 is 0 Å². The second-order valence-corrected chi connectivity index (χ2v) is 4.04. The molecule has 17 heavy (non-hydrogen) atoms. The highest BCUT2D eigenvalue weighted by Crippen LogP contribution is 2.18. The molecule has 1 saturated heterocycles. The van der Waals surface area contributed by atoms with Gasteiger partial charge in [-0.2, -0.15) is 0 Å². The SMILES string of the molecule is CCOCC(=O)N1CCC(C(=O)OCC)CC1. The maximum atomic E-state index is 11.6. The monoisotopic (exact) mass is 243 g/mol. The summed E-state index contributed by atoms with van der Waals surface area (Å²) in [5.41, 5.74) is 0. The van der Waals surface area contributed by atoms with Crippen LogP contribution in [0.4, 0.5) is 0 Å². The summed E-state index contributed by atoms with van der Waals surface area (Å²) in [6.07, 6.45) is 1.38. The zero-order valence-corrected chi connectivity index (χ0v) is 10.6. The highest BCUT2D eigenvalue weighted by Gasteiger charge is 2.27. The quantitative estimate of drug-likeness (QED) is 0.671. The van der Waals surface area contributed by atoms with E-state index in [-0.39, 0.29) is 24.4 Å². The number of piperidine rings is 1. The fourth-order valence-electron chi connectivity index (χ4n) is 1.91. The Hall–Kier alpha value is -1.10. The number of nitrogens with zero attached hydrogens (tertiary/aromatic N) is 1. The van der Waals surface area contributed by atoms with Crippen LogP contribution in [0, 0.1) is 5.92 Å². The predicted octanol–water partition coefficient (Wildman–Crippen LogP) is 0.825. The Labute approximate surface area is 102 Å². The van der Waals surface area contributed by atoms with Crippen molar-refractivity contribution in [2.45, 2.75) is 26.7 Å². The molecule has 0 aromatic rings. The van der Waals surface area contributed by atoms with Gasteiger partial charge in [0.1, 0.15) is 6.61 Å². The van der Waals surface area contributed by atoms with Gasteiger partial charge in [0.05, 0.1) is 12.5 Å². The Morgan fingerprint density at radius 1 is 1.18 bits per heavy atom. The van der Waals surface area contributed by atoms with Crippen LogP contribution < -0.4 is 0 Å². The molecule has 0 saturated carbocycles. The minimum absolute atomic E-state index is 0.00848. The summed E-state index contributed by atoms with van der Waals surface area (Å²) in [4.78, 5) is 24.9. The number of carbonyl (C=O) groups excluding carboxylic acids is 2. The van der Waals surface area contributed by atoms with Gasteiger partial charge in [0.2, 0.25) is 5.91 Å². The summed E-state index contributed by atoms with van der Waals surface area (Å²) in [5, 5.41) is 0. The van der Waals surface area contributed by atoms with Crippen LogP contribution in [-0.4, -0.2) is 49.7 Å². The molecule has 0 N–H and O–H groups in total. The Morgan fingerprint density at radius 3 is 2.35 bits per heavy atom. The second-order valence-electron chi connectivity index (χ2n) is 4.04. The standard InChI is InChI=1S/C12H21NO4/c1-3-16-9-11(14)13-7-5-10(6-8-13)12(15)17-4-2/h10H,3-9H2,1-2H3. The van der Waals surface area contributed by atoms with E-state index in [1.807, 2.05) is 6.92 Å². The molecular formula is C12H21NO4. The van der Waals surface area contributed by atoms with Gasteiger partial charge < -0.3 is 14.4 Å². The number of rotatable bonds is 5. The Kier molecular flexibility index (Phi) is 5.97. The van der Waals surface area contributed by atoms with Crippen LogP contribution in [0.5, 0.6) is 0 Å². The number of amides is 1. The minimum Gasteiger partial charge on any atom is -0.466 e. The smallest absolute Gasteiger partial charge is 0.309 e. The molecule has 0 aromatic heterocycles. The Morgan fingerprint density at radius 2 is 1.82 bits per heavy atom. The largest absolute Gasteiger partial charge is 0.466 e. The molecule has 1 aliphatic heterocycles. The lowest BCUT2D eigenvalue weighted by atomic mass is 9.97. The van der Waals surface area contributed by atoms with Crippen molar-refractivity contribution in [3.8, 4) is 0 Å². The first-order chi connectivity index (χ1) is 8.19. The fourth-order valence-corrected chi connectivity index (χ4v) is 1.91. The highest BCUT2D eigenvalue weighted by atomic mass is 16.5. The van der Waals surface area contributed by atoms with Crippen molar-refractivity contribution >= 4 is 11.9 Å². The molecule has 0 unspecified atom stereocenters. The van der Waals surface area contributed by atoms with Crippen LogP contribution in [0.2, 0.25) is 0 Å². The number of ether oxygens (including phenoxy) is 2. The molecule has 0 aliphatic carbocycles. The maximum Gasteiger partial charge on any atom is 0.309 e. The van der Waals surface area contributed by atoms with Crippen molar-refractivity contribution in [1.82, 2.24) is 4.90 Å². The molecule has 0 radical (unpaired) electrons. The van der Waals surface area contributed by atoms with E-state index in [1.165, 1.54) is 0 Å². The number of carbonyl (C=O) groups is 2. The molecule has 1 fully saturated rings. The van der Waals surface area contributed by atoms with Crippen molar-refractivity contribution < 1.29 is 19.1 Å². The van der Waals surface area contributed by atoms with Gasteiger partial charge in [-0.15, -0.1) is 0 Å². The topological polar surface area (TPSA) is 55.8 Å². The molecule has 0 aromatic carbocycles. The Bertz CT molecular complexity index is 259. The number of hydrogen-bond donors (Lipinski definition) is 0. The average molecular weight is 243 g/mol. The molecule has 1 aliphatic rings. The third-order valence-electron chi connectivity index (χ3n) is 2.90. The molecular weight excluding hydrogens is 222 g/mol. The van der Waals surface area contributed by atoms with Crippen molar-refractivity contribution in [3.05, 3.63) is 0 Å². The van der Waals surface area contributed by atoms with E-state index in [0.29, 0.717) is 39.1 Å². The third-order valence-corrected chi connectivity index (χ3v) is 2.90. The molecule has 1 heterocycles. The molecule has 1 rings (SSSR count). The normalized spacial score (nSPS) is 16.9. The summed E-state index contributed by atoms with van der Waals surface area (Å²) in [6.45, 7) is 6.01. The zero-order chi connectivity index (χ0) is 12.7. The van der Waals surface area contributed by atoms with Crippen LogP contribution in [-0.2, 0) is 19.1 Å². The van der Waals surface area contributed by atoms with Gasteiger partial charge in [-0.05, 0) is 26.7 Å². The van der Waals surface area contributed by atoms with Gasteiger partial charge in [0, 0.05) is 19.7 Å². The molecule has 1 amide bonds. The summed E-state index contributed by atoms with van der Waals surface area (Å²) >= 11 is 0. The minimum atomic E-state index is -0.135. The third kappa shape index (κ3) is 4.34. The first-order valence-electron chi connectivity index (χ1n) is 6.21. The summed E-state index contributed by atoms with van der Waals surface area (Å²) < 4.78 is 10.1. The fraction of sp³-hybridized carbons (Fsp3) is 0.833. The lowest BCUT2D eigenvalue weighted by molar-refractivity contribution is -0.151. The summed E-state index contributed by atoms with van der Waals surface area (Å²) in [5.74, 6) is -0.176. The van der Waals surface area contributed by atoms with Crippen LogP contribution in [0.15, 0.2) is 0 Å². The van der Waals surface area contributed by atoms with E-state index in [2.05, 4.69) is 0 Å². The van der Waals surface area contributed by atoms with Crippen LogP contribution in [0.3, 0.4) is 0 Å². The van der Waals surface area contributed by atoms with E-state index in [0.717, 1.165) is 0 Å². The number of hydrogen-bond acceptors (Lipinski definition) is 4. The van der Waals surface area contributed by atoms with E-state index in [9.17, 15) is 9.59 Å². The van der Waals surface area contributed by atoms with Crippen LogP contribution in [0.25, 0.3) is 0 Å². The van der Waals surface area contributed by atoms with Crippen LogP contribution in [0.1, 0.15) is 26.7 Å². The van der Waals surface area contributed by atoms with Crippen molar-refractivity contribution in [1.29, 1.82) is 0 Å². The van der Waals surface area contributed by atoms with Gasteiger partial charge in [-0.1, -0.05) is 0 Å². The molecule has 5 nitrogen and oxygen atoms in total. The summed E-state index contributed by atoms with van der Waals surface area (Å²) in [7, 11) is 0. The van der Waals surface area contributed by atoms with E-state index in [4.69, 9.17) is 9.47 Å². The van der Waals surface area contributed by atoms with Crippen LogP contribution >= 0.6 is 0 Å². The molecule has 0 spiro atoms. The molecule has 5 heteroatoms. The van der Waals surface area contributed by atoms with Gasteiger partial charge in [0.25, 0.3) is 0 Å².